The molecule has 98 valence electrons. The molecule has 0 spiro atoms. The number of amidine groups is 1. The Hall–Kier alpha value is -1.56. The Kier molecular flexibility index (Phi) is 3.06. The highest BCUT2D eigenvalue weighted by molar-refractivity contribution is 7.91. The topological polar surface area (TPSA) is 84.5 Å². The first-order chi connectivity index (χ1) is 8.32. The summed E-state index contributed by atoms with van der Waals surface area (Å²) in [4.78, 5) is 0. The zero-order valence-corrected chi connectivity index (χ0v) is 11.5. The molecule has 0 amide bonds. The number of nitrogens with one attached hydrogen (secondary N) is 1. The number of hydrogen-bond donors (Lipinski definition) is 2. The second-order valence-corrected chi connectivity index (χ2v) is 6.19. The monoisotopic (exact) mass is 267 g/mol. The molecule has 18 heavy (non-hydrogen) atoms. The second-order valence-electron chi connectivity index (χ2n) is 4.86. The highest BCUT2D eigenvalue weighted by Gasteiger charge is 2.25. The van der Waals surface area contributed by atoms with Gasteiger partial charge in [0.15, 0.2) is 0 Å². The predicted molar refractivity (Wildman–Crippen MR) is 73.0 cm³/mol. The Morgan fingerprint density at radius 2 is 1.94 bits per heavy atom. The van der Waals surface area contributed by atoms with Crippen molar-refractivity contribution in [2.24, 2.45) is 16.0 Å². The predicted octanol–water partition coefficient (Wildman–Crippen LogP) is 1.82. The molecule has 0 saturated heterocycles. The van der Waals surface area contributed by atoms with Crippen LogP contribution in [0.4, 0.5) is 5.69 Å². The van der Waals surface area contributed by atoms with E-state index in [0.717, 1.165) is 5.56 Å². The third-order valence-corrected chi connectivity index (χ3v) is 4.22. The Labute approximate surface area is 107 Å². The molecule has 1 aliphatic rings. The van der Waals surface area contributed by atoms with Crippen molar-refractivity contribution in [3.05, 3.63) is 29.3 Å². The first-order valence-electron chi connectivity index (χ1n) is 5.83. The van der Waals surface area contributed by atoms with Crippen molar-refractivity contribution >= 4 is 21.7 Å². The molecular formula is C12H17N3O2S. The number of hydrogen-bond acceptors (Lipinski definition) is 3. The van der Waals surface area contributed by atoms with Crippen molar-refractivity contribution in [1.82, 2.24) is 0 Å². The minimum Gasteiger partial charge on any atom is -0.382 e. The van der Waals surface area contributed by atoms with Crippen molar-refractivity contribution < 1.29 is 8.42 Å². The molecule has 0 radical (unpaired) electrons. The molecule has 3 N–H and O–H groups in total. The quantitative estimate of drug-likeness (QED) is 0.857. The van der Waals surface area contributed by atoms with E-state index in [1.54, 1.807) is 6.07 Å². The van der Waals surface area contributed by atoms with E-state index in [0.29, 0.717) is 17.2 Å². The standard InChI is InChI=1S/C12H17N3O2S/c1-7(2)8(3)9-5-4-6-10-11(9)12(13)15-18(16,17)14-10/h4-8,14H,1-3H3,(H2,13,15). The van der Waals surface area contributed by atoms with Gasteiger partial charge in [-0.1, -0.05) is 32.9 Å². The third kappa shape index (κ3) is 2.20. The minimum atomic E-state index is -3.70. The summed E-state index contributed by atoms with van der Waals surface area (Å²) in [5.41, 5.74) is 8.02. The van der Waals surface area contributed by atoms with Gasteiger partial charge in [-0.3, -0.25) is 4.72 Å². The molecule has 1 aromatic carbocycles. The van der Waals surface area contributed by atoms with E-state index in [9.17, 15) is 8.42 Å². The summed E-state index contributed by atoms with van der Waals surface area (Å²) in [6.45, 7) is 6.32. The summed E-state index contributed by atoms with van der Waals surface area (Å²) in [5.74, 6) is 0.769. The van der Waals surface area contributed by atoms with Crippen molar-refractivity contribution in [3.8, 4) is 0 Å². The van der Waals surface area contributed by atoms with Crippen molar-refractivity contribution in [2.75, 3.05) is 4.72 Å². The molecule has 0 bridgehead atoms. The summed E-state index contributed by atoms with van der Waals surface area (Å²) in [5, 5.41) is 0. The molecule has 1 aliphatic heterocycles. The molecule has 0 aromatic heterocycles. The summed E-state index contributed by atoms with van der Waals surface area (Å²) >= 11 is 0. The van der Waals surface area contributed by atoms with Gasteiger partial charge in [0, 0.05) is 5.56 Å². The lowest BCUT2D eigenvalue weighted by atomic mass is 9.86. The maximum atomic E-state index is 11.5. The van der Waals surface area contributed by atoms with Crippen LogP contribution in [0.15, 0.2) is 22.6 Å². The summed E-state index contributed by atoms with van der Waals surface area (Å²) in [6, 6.07) is 5.49. The summed E-state index contributed by atoms with van der Waals surface area (Å²) in [6.07, 6.45) is 0. The SMILES string of the molecule is CC(C)C(C)c1cccc2c1C(N)=NS(=O)(=O)N2. The fourth-order valence-corrected chi connectivity index (χ4v) is 2.86. The number of anilines is 1. The molecule has 2 rings (SSSR count). The van der Waals surface area contributed by atoms with Crippen molar-refractivity contribution in [3.63, 3.8) is 0 Å². The third-order valence-electron chi connectivity index (χ3n) is 3.30. The van der Waals surface area contributed by atoms with Gasteiger partial charge in [-0.05, 0) is 23.5 Å². The number of nitrogens with zero attached hydrogens (tertiary/aromatic N) is 1. The highest BCUT2D eigenvalue weighted by Crippen LogP contribution is 2.33. The molecular weight excluding hydrogens is 250 g/mol. The van der Waals surface area contributed by atoms with Gasteiger partial charge < -0.3 is 5.73 Å². The van der Waals surface area contributed by atoms with Crippen molar-refractivity contribution in [2.45, 2.75) is 26.7 Å². The van der Waals surface area contributed by atoms with Gasteiger partial charge in [0.2, 0.25) is 0 Å². The van der Waals surface area contributed by atoms with Gasteiger partial charge >= 0.3 is 10.2 Å². The average Bonchev–Trinajstić information content (AvgIpc) is 2.25. The van der Waals surface area contributed by atoms with E-state index >= 15 is 0 Å². The van der Waals surface area contributed by atoms with Crippen molar-refractivity contribution in [1.29, 1.82) is 0 Å². The summed E-state index contributed by atoms with van der Waals surface area (Å²) in [7, 11) is -3.70. The van der Waals surface area contributed by atoms with E-state index in [1.807, 2.05) is 12.1 Å². The maximum Gasteiger partial charge on any atom is 0.344 e. The van der Waals surface area contributed by atoms with Crippen LogP contribution in [-0.2, 0) is 10.2 Å². The maximum absolute atomic E-state index is 11.5. The average molecular weight is 267 g/mol. The zero-order chi connectivity index (χ0) is 13.5. The molecule has 1 atom stereocenters. The first-order valence-corrected chi connectivity index (χ1v) is 7.27. The van der Waals surface area contributed by atoms with Gasteiger partial charge in [-0.15, -0.1) is 4.40 Å². The highest BCUT2D eigenvalue weighted by atomic mass is 32.2. The molecule has 1 heterocycles. The van der Waals surface area contributed by atoms with Crippen LogP contribution in [0.3, 0.4) is 0 Å². The van der Waals surface area contributed by atoms with Crippen LogP contribution in [0.5, 0.6) is 0 Å². The Morgan fingerprint density at radius 3 is 2.56 bits per heavy atom. The Balaban J connectivity index is 2.63. The lowest BCUT2D eigenvalue weighted by Gasteiger charge is -2.24. The molecule has 0 saturated carbocycles. The van der Waals surface area contributed by atoms with Gasteiger partial charge in [0.05, 0.1) is 5.69 Å². The van der Waals surface area contributed by atoms with E-state index in [2.05, 4.69) is 29.9 Å². The van der Waals surface area contributed by atoms with Gasteiger partial charge in [-0.25, -0.2) is 0 Å². The lowest BCUT2D eigenvalue weighted by molar-refractivity contribution is 0.534. The van der Waals surface area contributed by atoms with Crippen LogP contribution in [0.1, 0.15) is 37.8 Å². The normalized spacial score (nSPS) is 18.8. The first kappa shape index (κ1) is 12.9. The van der Waals surface area contributed by atoms with E-state index in [-0.39, 0.29) is 11.8 Å². The van der Waals surface area contributed by atoms with E-state index < -0.39 is 10.2 Å². The van der Waals surface area contributed by atoms with Crippen LogP contribution < -0.4 is 10.5 Å². The van der Waals surface area contributed by atoms with Crippen LogP contribution in [0, 0.1) is 5.92 Å². The van der Waals surface area contributed by atoms with Gasteiger partial charge in [-0.2, -0.15) is 8.42 Å². The summed E-state index contributed by atoms with van der Waals surface area (Å²) < 4.78 is 28.8. The van der Waals surface area contributed by atoms with Crippen LogP contribution in [0.2, 0.25) is 0 Å². The number of benzene rings is 1. The number of rotatable bonds is 2. The Bertz CT molecular complexity index is 606. The Morgan fingerprint density at radius 1 is 1.28 bits per heavy atom. The molecule has 6 heteroatoms. The van der Waals surface area contributed by atoms with Gasteiger partial charge in [0.1, 0.15) is 5.84 Å². The van der Waals surface area contributed by atoms with E-state index in [1.165, 1.54) is 0 Å². The van der Waals surface area contributed by atoms with Crippen LogP contribution >= 0.6 is 0 Å². The fourth-order valence-electron chi connectivity index (χ4n) is 2.02. The van der Waals surface area contributed by atoms with Crippen LogP contribution in [-0.4, -0.2) is 14.3 Å². The minimum absolute atomic E-state index is 0.0619. The fraction of sp³-hybridized carbons (Fsp3) is 0.417. The number of nitrogens with two attached hydrogens (primary N) is 1. The van der Waals surface area contributed by atoms with Gasteiger partial charge in [0.25, 0.3) is 0 Å². The second kappa shape index (κ2) is 4.28. The lowest BCUT2D eigenvalue weighted by Crippen LogP contribution is -2.28. The molecule has 5 nitrogen and oxygen atoms in total. The van der Waals surface area contributed by atoms with Crippen LogP contribution in [0.25, 0.3) is 0 Å². The van der Waals surface area contributed by atoms with E-state index in [4.69, 9.17) is 5.73 Å². The molecule has 1 unspecified atom stereocenters. The zero-order valence-electron chi connectivity index (χ0n) is 10.6. The molecule has 1 aromatic rings. The molecule has 0 fully saturated rings. The smallest absolute Gasteiger partial charge is 0.344 e. The number of fused-ring (bicyclic) bond motifs is 1. The largest absolute Gasteiger partial charge is 0.382 e. The molecule has 0 aliphatic carbocycles.